The Morgan fingerprint density at radius 2 is 2.38 bits per heavy atom. The molecular weight excluding hydrogens is 270 g/mol. The van der Waals surface area contributed by atoms with Crippen molar-refractivity contribution >= 4 is 11.8 Å². The highest BCUT2D eigenvalue weighted by atomic mass is 16.5. The molecule has 1 atom stereocenters. The van der Waals surface area contributed by atoms with Crippen molar-refractivity contribution in [2.24, 2.45) is 0 Å². The summed E-state index contributed by atoms with van der Waals surface area (Å²) < 4.78 is 5.31. The van der Waals surface area contributed by atoms with Crippen LogP contribution in [0.4, 0.5) is 0 Å². The van der Waals surface area contributed by atoms with Crippen LogP contribution >= 0.6 is 0 Å². The topological polar surface area (TPSA) is 71.5 Å². The first kappa shape index (κ1) is 15.4. The summed E-state index contributed by atoms with van der Waals surface area (Å²) in [6, 6.07) is 3.76. The molecule has 1 saturated heterocycles. The van der Waals surface area contributed by atoms with Gasteiger partial charge in [0.1, 0.15) is 6.10 Å². The second-order valence-corrected chi connectivity index (χ2v) is 5.09. The van der Waals surface area contributed by atoms with Gasteiger partial charge in [0.2, 0.25) is 11.8 Å². The van der Waals surface area contributed by atoms with E-state index in [4.69, 9.17) is 4.74 Å². The molecular formula is C15H21N3O3. The fourth-order valence-corrected chi connectivity index (χ4v) is 2.27. The third-order valence-electron chi connectivity index (χ3n) is 3.44. The Hall–Kier alpha value is -1.95. The van der Waals surface area contributed by atoms with E-state index in [0.717, 1.165) is 18.4 Å². The van der Waals surface area contributed by atoms with Crippen molar-refractivity contribution in [2.75, 3.05) is 19.7 Å². The van der Waals surface area contributed by atoms with Gasteiger partial charge in [-0.05, 0) is 24.5 Å². The molecule has 6 heteroatoms. The van der Waals surface area contributed by atoms with E-state index < -0.39 is 0 Å². The molecule has 0 aromatic carbocycles. The van der Waals surface area contributed by atoms with Crippen LogP contribution < -0.4 is 5.32 Å². The number of hydrogen-bond acceptors (Lipinski definition) is 4. The van der Waals surface area contributed by atoms with Crippen molar-refractivity contribution in [3.05, 3.63) is 30.1 Å². The molecule has 1 aromatic rings. The molecule has 0 spiro atoms. The quantitative estimate of drug-likeness (QED) is 0.838. The minimum absolute atomic E-state index is 0.0229. The zero-order chi connectivity index (χ0) is 15.1. The van der Waals surface area contributed by atoms with Crippen LogP contribution in [0.1, 0.15) is 25.3 Å². The smallest absolute Gasteiger partial charge is 0.249 e. The van der Waals surface area contributed by atoms with Gasteiger partial charge in [-0.2, -0.15) is 0 Å². The normalized spacial score (nSPS) is 17.5. The zero-order valence-corrected chi connectivity index (χ0v) is 12.2. The van der Waals surface area contributed by atoms with Crippen LogP contribution in [0.3, 0.4) is 0 Å². The number of pyridine rings is 1. The number of hydrogen-bond donors (Lipinski definition) is 1. The third kappa shape index (κ3) is 4.82. The van der Waals surface area contributed by atoms with E-state index in [0.29, 0.717) is 26.2 Å². The minimum Gasteiger partial charge on any atom is -0.368 e. The van der Waals surface area contributed by atoms with Gasteiger partial charge in [0, 0.05) is 45.6 Å². The van der Waals surface area contributed by atoms with Crippen LogP contribution in [0, 0.1) is 0 Å². The fraction of sp³-hybridized carbons (Fsp3) is 0.533. The number of nitrogens with zero attached hydrogens (tertiary/aromatic N) is 2. The van der Waals surface area contributed by atoms with Gasteiger partial charge < -0.3 is 15.0 Å². The average molecular weight is 291 g/mol. The van der Waals surface area contributed by atoms with Gasteiger partial charge in [0.25, 0.3) is 0 Å². The molecule has 1 aliphatic rings. The number of aromatic nitrogens is 1. The first-order chi connectivity index (χ1) is 10.2. The predicted octanol–water partition coefficient (Wildman–Crippen LogP) is 0.725. The van der Waals surface area contributed by atoms with E-state index >= 15 is 0 Å². The van der Waals surface area contributed by atoms with Crippen LogP contribution in [0.25, 0.3) is 0 Å². The Bertz CT molecular complexity index is 472. The maximum atomic E-state index is 11.8. The molecule has 1 aromatic heterocycles. The van der Waals surface area contributed by atoms with Crippen molar-refractivity contribution in [3.8, 4) is 0 Å². The Kier molecular flexibility index (Phi) is 5.68. The maximum Gasteiger partial charge on any atom is 0.249 e. The molecule has 114 valence electrons. The standard InChI is InChI=1S/C15H21N3O3/c1-12(19)18(11-13-4-2-6-16-10-13)8-7-17-15(20)14-5-3-9-21-14/h2,4,6,10,14H,3,5,7-9,11H2,1H3,(H,17,20). The second kappa shape index (κ2) is 7.73. The summed E-state index contributed by atoms with van der Waals surface area (Å²) >= 11 is 0. The van der Waals surface area contributed by atoms with Gasteiger partial charge in [-0.25, -0.2) is 0 Å². The summed E-state index contributed by atoms with van der Waals surface area (Å²) in [7, 11) is 0. The van der Waals surface area contributed by atoms with Crippen LogP contribution in [-0.2, 0) is 20.9 Å². The van der Waals surface area contributed by atoms with Gasteiger partial charge in [-0.3, -0.25) is 14.6 Å². The lowest BCUT2D eigenvalue weighted by molar-refractivity contribution is -0.132. The highest BCUT2D eigenvalue weighted by molar-refractivity contribution is 5.81. The number of amides is 2. The summed E-state index contributed by atoms with van der Waals surface area (Å²) in [6.07, 6.45) is 4.81. The van der Waals surface area contributed by atoms with E-state index in [9.17, 15) is 9.59 Å². The van der Waals surface area contributed by atoms with Crippen molar-refractivity contribution in [3.63, 3.8) is 0 Å². The van der Waals surface area contributed by atoms with Crippen molar-refractivity contribution in [1.82, 2.24) is 15.2 Å². The molecule has 0 radical (unpaired) electrons. The zero-order valence-electron chi connectivity index (χ0n) is 12.2. The van der Waals surface area contributed by atoms with E-state index in [1.54, 1.807) is 17.3 Å². The molecule has 0 bridgehead atoms. The van der Waals surface area contributed by atoms with Gasteiger partial charge in [0.05, 0.1) is 0 Å². The summed E-state index contributed by atoms with van der Waals surface area (Å²) in [5.41, 5.74) is 0.971. The number of rotatable bonds is 6. The number of nitrogens with one attached hydrogen (secondary N) is 1. The van der Waals surface area contributed by atoms with Gasteiger partial charge in [-0.15, -0.1) is 0 Å². The Labute approximate surface area is 124 Å². The van der Waals surface area contributed by atoms with Crippen LogP contribution in [0.15, 0.2) is 24.5 Å². The molecule has 2 heterocycles. The molecule has 0 saturated carbocycles. The highest BCUT2D eigenvalue weighted by Crippen LogP contribution is 2.11. The molecule has 1 unspecified atom stereocenters. The van der Waals surface area contributed by atoms with Gasteiger partial charge in [0.15, 0.2) is 0 Å². The minimum atomic E-state index is -0.325. The third-order valence-corrected chi connectivity index (χ3v) is 3.44. The molecule has 0 aliphatic carbocycles. The monoisotopic (exact) mass is 291 g/mol. The lowest BCUT2D eigenvalue weighted by atomic mass is 10.2. The average Bonchev–Trinajstić information content (AvgIpc) is 3.01. The number of ether oxygens (including phenoxy) is 1. The molecule has 2 rings (SSSR count). The molecule has 1 N–H and O–H groups in total. The Morgan fingerprint density at radius 3 is 3.00 bits per heavy atom. The SMILES string of the molecule is CC(=O)N(CCNC(=O)C1CCCO1)Cc1cccnc1. The van der Waals surface area contributed by atoms with E-state index in [1.165, 1.54) is 6.92 Å². The summed E-state index contributed by atoms with van der Waals surface area (Å²) in [5, 5.41) is 2.82. The Morgan fingerprint density at radius 1 is 1.52 bits per heavy atom. The summed E-state index contributed by atoms with van der Waals surface area (Å²) in [6.45, 7) is 3.58. The van der Waals surface area contributed by atoms with Gasteiger partial charge >= 0.3 is 0 Å². The highest BCUT2D eigenvalue weighted by Gasteiger charge is 2.23. The lowest BCUT2D eigenvalue weighted by Crippen LogP contribution is -2.40. The van der Waals surface area contributed by atoms with Crippen LogP contribution in [0.2, 0.25) is 0 Å². The van der Waals surface area contributed by atoms with E-state index in [-0.39, 0.29) is 17.9 Å². The predicted molar refractivity (Wildman–Crippen MR) is 77.3 cm³/mol. The van der Waals surface area contributed by atoms with E-state index in [1.807, 2.05) is 12.1 Å². The molecule has 1 aliphatic heterocycles. The summed E-state index contributed by atoms with van der Waals surface area (Å²) in [5.74, 6) is -0.109. The lowest BCUT2D eigenvalue weighted by Gasteiger charge is -2.21. The second-order valence-electron chi connectivity index (χ2n) is 5.09. The van der Waals surface area contributed by atoms with Crippen molar-refractivity contribution < 1.29 is 14.3 Å². The molecule has 6 nitrogen and oxygen atoms in total. The molecule has 1 fully saturated rings. The van der Waals surface area contributed by atoms with Crippen molar-refractivity contribution in [1.29, 1.82) is 0 Å². The first-order valence-electron chi connectivity index (χ1n) is 7.20. The fourth-order valence-electron chi connectivity index (χ4n) is 2.27. The van der Waals surface area contributed by atoms with Gasteiger partial charge in [-0.1, -0.05) is 6.07 Å². The van der Waals surface area contributed by atoms with Crippen molar-refractivity contribution in [2.45, 2.75) is 32.4 Å². The molecule has 21 heavy (non-hydrogen) atoms. The van der Waals surface area contributed by atoms with E-state index in [2.05, 4.69) is 10.3 Å². The van der Waals surface area contributed by atoms with Crippen LogP contribution in [-0.4, -0.2) is 47.5 Å². The largest absolute Gasteiger partial charge is 0.368 e. The maximum absolute atomic E-state index is 11.8. The summed E-state index contributed by atoms with van der Waals surface area (Å²) in [4.78, 5) is 29.2. The molecule has 2 amide bonds. The first-order valence-corrected chi connectivity index (χ1v) is 7.20. The Balaban J connectivity index is 1.77. The van der Waals surface area contributed by atoms with Crippen LogP contribution in [0.5, 0.6) is 0 Å². The number of carbonyl (C=O) groups is 2. The number of carbonyl (C=O) groups excluding carboxylic acids is 2.